The summed E-state index contributed by atoms with van der Waals surface area (Å²) in [5.41, 5.74) is 1.71. The molecule has 0 atom stereocenters. The summed E-state index contributed by atoms with van der Waals surface area (Å²) in [7, 11) is 0. The molecule has 0 radical (unpaired) electrons. The molecule has 1 fully saturated rings. The van der Waals surface area contributed by atoms with E-state index in [-0.39, 0.29) is 6.10 Å². The summed E-state index contributed by atoms with van der Waals surface area (Å²) in [6.45, 7) is 2.19. The van der Waals surface area contributed by atoms with Crippen molar-refractivity contribution in [2.75, 3.05) is 0 Å². The van der Waals surface area contributed by atoms with E-state index in [4.69, 9.17) is 21.1 Å². The predicted octanol–water partition coefficient (Wildman–Crippen LogP) is 5.89. The molecule has 0 amide bonds. The highest BCUT2D eigenvalue weighted by Crippen LogP contribution is 2.38. The molecule has 4 heteroatoms. The Morgan fingerprint density at radius 2 is 1.92 bits per heavy atom. The summed E-state index contributed by atoms with van der Waals surface area (Å²) in [6, 6.07) is 13.5. The number of benzene rings is 2. The highest BCUT2D eigenvalue weighted by atomic mass is 35.5. The van der Waals surface area contributed by atoms with Gasteiger partial charge in [0.25, 0.3) is 0 Å². The SMILES string of the molecule is CCCCc1ccc(Oc2cc(Cl)c(OC3CC3)c(C#N)c2)cc1. The van der Waals surface area contributed by atoms with Crippen molar-refractivity contribution < 1.29 is 9.47 Å². The smallest absolute Gasteiger partial charge is 0.156 e. The zero-order chi connectivity index (χ0) is 16.9. The molecule has 0 aromatic heterocycles. The highest BCUT2D eigenvalue weighted by molar-refractivity contribution is 6.32. The number of unbranched alkanes of at least 4 members (excludes halogenated alkanes) is 1. The lowest BCUT2D eigenvalue weighted by atomic mass is 10.1. The maximum absolute atomic E-state index is 9.34. The van der Waals surface area contributed by atoms with Gasteiger partial charge in [-0.25, -0.2) is 0 Å². The van der Waals surface area contributed by atoms with Crippen molar-refractivity contribution >= 4 is 11.6 Å². The van der Waals surface area contributed by atoms with Gasteiger partial charge in [-0.3, -0.25) is 0 Å². The first kappa shape index (κ1) is 16.7. The minimum atomic E-state index is 0.192. The predicted molar refractivity (Wildman–Crippen MR) is 94.9 cm³/mol. The molecular weight excluding hydrogens is 322 g/mol. The second-order valence-electron chi connectivity index (χ2n) is 6.06. The lowest BCUT2D eigenvalue weighted by Gasteiger charge is -2.12. The monoisotopic (exact) mass is 341 g/mol. The van der Waals surface area contributed by atoms with E-state index in [1.807, 2.05) is 12.1 Å². The quantitative estimate of drug-likeness (QED) is 0.630. The van der Waals surface area contributed by atoms with Gasteiger partial charge in [-0.2, -0.15) is 5.26 Å². The highest BCUT2D eigenvalue weighted by Gasteiger charge is 2.26. The number of aryl methyl sites for hydroxylation is 1. The molecule has 3 rings (SSSR count). The van der Waals surface area contributed by atoms with Crippen LogP contribution in [-0.2, 0) is 6.42 Å². The van der Waals surface area contributed by atoms with E-state index in [1.54, 1.807) is 12.1 Å². The number of hydrogen-bond acceptors (Lipinski definition) is 3. The molecule has 1 aliphatic carbocycles. The Hall–Kier alpha value is -2.18. The Morgan fingerprint density at radius 3 is 2.54 bits per heavy atom. The number of hydrogen-bond donors (Lipinski definition) is 0. The Balaban J connectivity index is 1.74. The summed E-state index contributed by atoms with van der Waals surface area (Å²) in [6.07, 6.45) is 5.67. The Bertz CT molecular complexity index is 745. The van der Waals surface area contributed by atoms with Crippen LogP contribution in [0.25, 0.3) is 0 Å². The molecule has 2 aromatic carbocycles. The minimum Gasteiger partial charge on any atom is -0.487 e. The van der Waals surface area contributed by atoms with Crippen LogP contribution in [0.1, 0.15) is 43.7 Å². The molecule has 1 saturated carbocycles. The number of nitriles is 1. The molecule has 0 heterocycles. The van der Waals surface area contributed by atoms with Crippen molar-refractivity contribution in [3.63, 3.8) is 0 Å². The van der Waals surface area contributed by atoms with E-state index in [2.05, 4.69) is 25.1 Å². The average Bonchev–Trinajstić information content (AvgIpc) is 3.40. The third-order valence-corrected chi connectivity index (χ3v) is 4.21. The van der Waals surface area contributed by atoms with Gasteiger partial charge in [0.2, 0.25) is 0 Å². The second kappa shape index (κ2) is 7.59. The molecule has 0 N–H and O–H groups in total. The third-order valence-electron chi connectivity index (χ3n) is 3.92. The normalized spacial score (nSPS) is 13.4. The van der Waals surface area contributed by atoms with Crippen LogP contribution >= 0.6 is 11.6 Å². The fraction of sp³-hybridized carbons (Fsp3) is 0.350. The maximum atomic E-state index is 9.34. The van der Waals surface area contributed by atoms with Gasteiger partial charge < -0.3 is 9.47 Å². The van der Waals surface area contributed by atoms with Crippen LogP contribution in [0, 0.1) is 11.3 Å². The van der Waals surface area contributed by atoms with Crippen molar-refractivity contribution in [2.45, 2.75) is 45.1 Å². The van der Waals surface area contributed by atoms with Gasteiger partial charge in [-0.1, -0.05) is 37.1 Å². The first-order valence-electron chi connectivity index (χ1n) is 8.36. The Labute approximate surface area is 147 Å². The second-order valence-corrected chi connectivity index (χ2v) is 6.47. The van der Waals surface area contributed by atoms with Crippen LogP contribution in [0.2, 0.25) is 5.02 Å². The van der Waals surface area contributed by atoms with E-state index in [0.717, 1.165) is 25.0 Å². The molecule has 124 valence electrons. The number of nitrogens with zero attached hydrogens (tertiary/aromatic N) is 1. The summed E-state index contributed by atoms with van der Waals surface area (Å²) >= 11 is 6.28. The molecule has 0 aliphatic heterocycles. The zero-order valence-corrected chi connectivity index (χ0v) is 14.5. The molecule has 3 nitrogen and oxygen atoms in total. The molecule has 24 heavy (non-hydrogen) atoms. The fourth-order valence-corrected chi connectivity index (χ4v) is 2.68. The topological polar surface area (TPSA) is 42.2 Å². The van der Waals surface area contributed by atoms with Crippen LogP contribution in [0.5, 0.6) is 17.2 Å². The summed E-state index contributed by atoms with van der Waals surface area (Å²) in [5, 5.41) is 9.75. The number of ether oxygens (including phenoxy) is 2. The number of halogens is 1. The van der Waals surface area contributed by atoms with Gasteiger partial charge in [0.1, 0.15) is 17.6 Å². The van der Waals surface area contributed by atoms with Crippen LogP contribution in [0.4, 0.5) is 0 Å². The van der Waals surface area contributed by atoms with Gasteiger partial charge in [-0.15, -0.1) is 0 Å². The van der Waals surface area contributed by atoms with Crippen molar-refractivity contribution in [3.8, 4) is 23.3 Å². The van der Waals surface area contributed by atoms with Crippen LogP contribution in [0.15, 0.2) is 36.4 Å². The van der Waals surface area contributed by atoms with Crippen LogP contribution < -0.4 is 9.47 Å². The van der Waals surface area contributed by atoms with Gasteiger partial charge in [0.05, 0.1) is 16.7 Å². The van der Waals surface area contributed by atoms with Gasteiger partial charge in [0, 0.05) is 12.1 Å². The maximum Gasteiger partial charge on any atom is 0.156 e. The Kier molecular flexibility index (Phi) is 5.27. The van der Waals surface area contributed by atoms with Gasteiger partial charge in [0.15, 0.2) is 5.75 Å². The summed E-state index contributed by atoms with van der Waals surface area (Å²) in [5.74, 6) is 1.73. The molecule has 0 bridgehead atoms. The standard InChI is InChI=1S/C20H20ClNO2/c1-2-3-4-14-5-7-16(8-6-14)23-18-11-15(13-22)20(19(21)12-18)24-17-9-10-17/h5-8,11-12,17H,2-4,9-10H2,1H3. The summed E-state index contributed by atoms with van der Waals surface area (Å²) < 4.78 is 11.6. The van der Waals surface area contributed by atoms with E-state index >= 15 is 0 Å². The van der Waals surface area contributed by atoms with Crippen molar-refractivity contribution in [3.05, 3.63) is 52.5 Å². The lowest BCUT2D eigenvalue weighted by Crippen LogP contribution is -1.99. The molecular formula is C20H20ClNO2. The molecule has 0 spiro atoms. The van der Waals surface area contributed by atoms with Crippen molar-refractivity contribution in [2.24, 2.45) is 0 Å². The van der Waals surface area contributed by atoms with E-state index in [9.17, 15) is 5.26 Å². The largest absolute Gasteiger partial charge is 0.487 e. The number of rotatable bonds is 7. The van der Waals surface area contributed by atoms with Gasteiger partial charge >= 0.3 is 0 Å². The van der Waals surface area contributed by atoms with Crippen LogP contribution in [-0.4, -0.2) is 6.10 Å². The molecule has 0 unspecified atom stereocenters. The average molecular weight is 342 g/mol. The minimum absolute atomic E-state index is 0.192. The van der Waals surface area contributed by atoms with Crippen LogP contribution in [0.3, 0.4) is 0 Å². The third kappa shape index (κ3) is 4.21. The fourth-order valence-electron chi connectivity index (χ4n) is 2.42. The molecule has 1 aliphatic rings. The van der Waals surface area contributed by atoms with E-state index < -0.39 is 0 Å². The Morgan fingerprint density at radius 1 is 1.17 bits per heavy atom. The zero-order valence-electron chi connectivity index (χ0n) is 13.7. The lowest BCUT2D eigenvalue weighted by molar-refractivity contribution is 0.302. The van der Waals surface area contributed by atoms with Crippen molar-refractivity contribution in [1.29, 1.82) is 5.26 Å². The van der Waals surface area contributed by atoms with Crippen molar-refractivity contribution in [1.82, 2.24) is 0 Å². The molecule has 2 aromatic rings. The van der Waals surface area contributed by atoms with E-state index in [0.29, 0.717) is 22.1 Å². The first-order chi connectivity index (χ1) is 11.7. The molecule has 0 saturated heterocycles. The summed E-state index contributed by atoms with van der Waals surface area (Å²) in [4.78, 5) is 0. The van der Waals surface area contributed by atoms with Gasteiger partial charge in [-0.05, 0) is 43.4 Å². The van der Waals surface area contributed by atoms with E-state index in [1.165, 1.54) is 18.4 Å². The first-order valence-corrected chi connectivity index (χ1v) is 8.74.